The zero-order chi connectivity index (χ0) is 35.9. The van der Waals surface area contributed by atoms with E-state index in [4.69, 9.17) is 17.5 Å². The Hall–Kier alpha value is 2.85. The van der Waals surface area contributed by atoms with E-state index in [1.165, 1.54) is 151 Å². The van der Waals surface area contributed by atoms with Gasteiger partial charge < -0.3 is 29.8 Å². The molecule has 0 spiro atoms. The summed E-state index contributed by atoms with van der Waals surface area (Å²) in [6.45, 7) is 21.3. The van der Waals surface area contributed by atoms with Gasteiger partial charge in [-0.2, -0.15) is 11.1 Å². The standard InChI is InChI=1S/C22H46Si2.C10H23ClSi.C2H.CH4.BrH.Mg.S4.S3/c1-7-9-11-13-15-17-19-23(3,4)21-22-24(5,6)20-18-16-14-12-10-8-2;1-4-5-6-7-8-9-10-12(2,3)11;1-2;;;;1-3-4-2;1-3-2/h7-20H2,1-6H3;4-10H2,1-3H3;1H;1H4;1H;;;/q;;-1;;;+2;;/p-1. The molecular formula is C35H74BrClMgS7Si3. The molecule has 0 nitrogen and oxygen atoms in total. The van der Waals surface area contributed by atoms with Crippen LogP contribution in [-0.4, -0.2) is 46.6 Å². The summed E-state index contributed by atoms with van der Waals surface area (Å²) < 4.78 is 0. The Morgan fingerprint density at radius 1 is 0.521 bits per heavy atom. The summed E-state index contributed by atoms with van der Waals surface area (Å²) in [4.78, 5) is 0. The predicted molar refractivity (Wildman–Crippen MR) is 253 cm³/mol. The maximum atomic E-state index is 6.21. The van der Waals surface area contributed by atoms with E-state index in [1.54, 1.807) is 0 Å². The van der Waals surface area contributed by atoms with E-state index in [-0.39, 0.29) is 47.5 Å². The number of halogens is 2. The van der Waals surface area contributed by atoms with Gasteiger partial charge in [0.25, 0.3) is 0 Å². The van der Waals surface area contributed by atoms with E-state index in [0.29, 0.717) is 0 Å². The molecule has 0 saturated carbocycles. The smallest absolute Gasteiger partial charge is 1.00 e. The van der Waals surface area contributed by atoms with E-state index in [2.05, 4.69) is 122 Å². The molecule has 0 saturated heterocycles. The molecule has 0 aliphatic heterocycles. The third kappa shape index (κ3) is 78.1. The fraction of sp³-hybridized carbons (Fsp3) is 0.886. The minimum atomic E-state index is -1.27. The van der Waals surface area contributed by atoms with Crippen LogP contribution in [0.3, 0.4) is 0 Å². The monoisotopic (exact) mass is 940 g/mol. The zero-order valence-corrected chi connectivity index (χ0v) is 44.2. The minimum Gasteiger partial charge on any atom is -1.00 e. The summed E-state index contributed by atoms with van der Waals surface area (Å²) >= 11 is 23.1. The first-order chi connectivity index (χ1) is 21.2. The van der Waals surface area contributed by atoms with Gasteiger partial charge in [-0.05, 0) is 18.1 Å². The van der Waals surface area contributed by atoms with Crippen molar-refractivity contribution in [2.24, 2.45) is 0 Å². The first-order valence-corrected chi connectivity index (χ1v) is 34.5. The van der Waals surface area contributed by atoms with Gasteiger partial charge in [0.2, 0.25) is 0 Å². The van der Waals surface area contributed by atoms with Gasteiger partial charge in [-0.3, -0.25) is 0 Å². The second-order valence-corrected chi connectivity index (χ2v) is 34.8. The molecule has 0 aliphatic carbocycles. The molecule has 0 N–H and O–H groups in total. The Balaban J connectivity index is -0.0000000932. The third-order valence-corrected chi connectivity index (χ3v) is 16.6. The summed E-state index contributed by atoms with van der Waals surface area (Å²) in [6, 6.07) is 4.11. The van der Waals surface area contributed by atoms with Crippen molar-refractivity contribution in [3.8, 4) is 17.5 Å². The van der Waals surface area contributed by atoms with Gasteiger partial charge >= 0.3 is 23.1 Å². The van der Waals surface area contributed by atoms with Gasteiger partial charge in [0.05, 0.1) is 0 Å². The molecule has 0 aromatic heterocycles. The zero-order valence-electron chi connectivity index (χ0n) is 31.7. The van der Waals surface area contributed by atoms with Gasteiger partial charge in [-0.25, -0.2) is 0 Å². The first kappa shape index (κ1) is 68.8. The van der Waals surface area contributed by atoms with Crippen LogP contribution in [0.2, 0.25) is 57.4 Å². The second-order valence-electron chi connectivity index (χ2n) is 13.5. The van der Waals surface area contributed by atoms with Crippen LogP contribution < -0.4 is 17.0 Å². The van der Waals surface area contributed by atoms with Crippen LogP contribution in [0, 0.1) is 23.9 Å². The van der Waals surface area contributed by atoms with Gasteiger partial charge in [0.15, 0.2) is 0 Å². The van der Waals surface area contributed by atoms with Crippen molar-refractivity contribution in [3.63, 3.8) is 0 Å². The second kappa shape index (κ2) is 54.2. The summed E-state index contributed by atoms with van der Waals surface area (Å²) in [5.74, 6) is 0. The maximum Gasteiger partial charge on any atom is 2.00 e. The summed E-state index contributed by atoms with van der Waals surface area (Å²) in [5, 5.41) is 0. The van der Waals surface area contributed by atoms with Crippen LogP contribution in [0.15, 0.2) is 0 Å². The molecule has 0 heterocycles. The van der Waals surface area contributed by atoms with Crippen molar-refractivity contribution in [2.45, 2.75) is 201 Å². The number of rotatable bonds is 21. The molecule has 284 valence electrons. The average Bonchev–Trinajstić information content (AvgIpc) is 2.99. The van der Waals surface area contributed by atoms with Crippen LogP contribution in [0.4, 0.5) is 0 Å². The molecule has 0 atom stereocenters. The fourth-order valence-corrected chi connectivity index (χ4v) is 11.2. The SMILES string of the molecule is C.CCCCCCCC[Si](C)(C)C#C[Si](C)(C)CCCCCCCC.CCCCCCCC[Si](C)(C)Cl.S=S=S.S=S=S=S.[Br-].[C-]#C.[Mg+2]. The van der Waals surface area contributed by atoms with Crippen LogP contribution in [-0.2, 0) is 71.4 Å². The fourth-order valence-electron chi connectivity index (χ4n) is 4.48. The van der Waals surface area contributed by atoms with Gasteiger partial charge in [0, 0.05) is 71.4 Å². The van der Waals surface area contributed by atoms with Crippen molar-refractivity contribution in [1.82, 2.24) is 0 Å². The van der Waals surface area contributed by atoms with Gasteiger partial charge in [0.1, 0.15) is 23.5 Å². The summed E-state index contributed by atoms with van der Waals surface area (Å²) in [7, 11) is -0.540. The molecule has 0 amide bonds. The molecular weight excluding hydrogens is 869 g/mol. The average molecular weight is 943 g/mol. The summed E-state index contributed by atoms with van der Waals surface area (Å²) in [5.41, 5.74) is 7.63. The molecule has 0 aromatic rings. The summed E-state index contributed by atoms with van der Waals surface area (Å²) in [6.07, 6.45) is 34.3. The Labute approximate surface area is 366 Å². The molecule has 0 aromatic carbocycles. The van der Waals surface area contributed by atoms with Crippen LogP contribution in [0.5, 0.6) is 0 Å². The Morgan fingerprint density at radius 3 is 0.938 bits per heavy atom. The predicted octanol–water partition coefficient (Wildman–Crippen LogP) is 10.4. The molecule has 0 unspecified atom stereocenters. The molecule has 48 heavy (non-hydrogen) atoms. The molecule has 0 rings (SSSR count). The van der Waals surface area contributed by atoms with Gasteiger partial charge in [-0.15, -0.1) is 11.1 Å². The van der Waals surface area contributed by atoms with Crippen LogP contribution >= 0.6 is 11.1 Å². The topological polar surface area (TPSA) is 0 Å². The third-order valence-electron chi connectivity index (χ3n) is 7.20. The minimum absolute atomic E-state index is 0. The molecule has 0 radical (unpaired) electrons. The van der Waals surface area contributed by atoms with Crippen LogP contribution in [0.25, 0.3) is 0 Å². The van der Waals surface area contributed by atoms with Gasteiger partial charge in [-0.1, -0.05) is 183 Å². The van der Waals surface area contributed by atoms with E-state index < -0.39 is 23.5 Å². The Morgan fingerprint density at radius 2 is 0.729 bits per heavy atom. The van der Waals surface area contributed by atoms with Crippen molar-refractivity contribution in [2.75, 3.05) is 0 Å². The van der Waals surface area contributed by atoms with Crippen molar-refractivity contribution in [3.05, 3.63) is 6.42 Å². The first-order valence-electron chi connectivity index (χ1n) is 17.2. The number of terminal acetylenes is 1. The Bertz CT molecular complexity index is 788. The Kier molecular flexibility index (Phi) is 77.7. The van der Waals surface area contributed by atoms with E-state index in [1.807, 2.05) is 0 Å². The molecule has 0 fully saturated rings. The van der Waals surface area contributed by atoms with E-state index in [9.17, 15) is 0 Å². The number of unbranched alkanes of at least 4 members (excludes halogenated alkanes) is 15. The normalized spacial score (nSPS) is 9.75. The quantitative estimate of drug-likeness (QED) is 0.0370. The number of hydrogen-bond donors (Lipinski definition) is 0. The largest absolute Gasteiger partial charge is 2.00 e. The number of hydrogen-bond acceptors (Lipinski definition) is 4. The molecule has 13 heteroatoms. The van der Waals surface area contributed by atoms with E-state index in [0.717, 1.165) is 8.88 Å². The molecule has 0 aliphatic rings. The van der Waals surface area contributed by atoms with Crippen LogP contribution in [0.1, 0.15) is 144 Å². The molecule has 0 bridgehead atoms. The maximum absolute atomic E-state index is 6.21. The van der Waals surface area contributed by atoms with Crippen molar-refractivity contribution >= 4 is 129 Å². The van der Waals surface area contributed by atoms with Crippen molar-refractivity contribution in [1.29, 1.82) is 0 Å². The van der Waals surface area contributed by atoms with Crippen molar-refractivity contribution < 1.29 is 17.0 Å². The van der Waals surface area contributed by atoms with E-state index >= 15 is 0 Å².